The van der Waals surface area contributed by atoms with Crippen LogP contribution in [0.15, 0.2) is 22.7 Å². The third-order valence-corrected chi connectivity index (χ3v) is 4.67. The fourth-order valence-electron chi connectivity index (χ4n) is 2.95. The van der Waals surface area contributed by atoms with Crippen molar-refractivity contribution >= 4 is 21.8 Å². The van der Waals surface area contributed by atoms with Gasteiger partial charge in [0.2, 0.25) is 5.91 Å². The molecular weight excluding hydrogens is 336 g/mol. The van der Waals surface area contributed by atoms with Crippen LogP contribution < -0.4 is 10.5 Å². The Hall–Kier alpha value is -1.11. The smallest absolute Gasteiger partial charge is 0.240 e. The molecule has 1 amide bonds. The van der Waals surface area contributed by atoms with Crippen molar-refractivity contribution in [2.75, 3.05) is 27.4 Å². The van der Waals surface area contributed by atoms with E-state index < -0.39 is 5.54 Å². The van der Waals surface area contributed by atoms with Crippen molar-refractivity contribution in [3.8, 4) is 5.75 Å². The standard InChI is InChI=1S/C15H21BrN2O3/c1-20-10-15(14(17)19)6-3-7-18(15)9-11-4-5-13(21-2)12(16)8-11/h4-5,8H,3,6-7,9-10H2,1-2H3,(H2,17,19). The van der Waals surface area contributed by atoms with E-state index in [0.29, 0.717) is 13.2 Å². The van der Waals surface area contributed by atoms with Gasteiger partial charge in [0.1, 0.15) is 11.3 Å². The molecular formula is C15H21BrN2O3. The van der Waals surface area contributed by atoms with E-state index in [1.165, 1.54) is 0 Å². The van der Waals surface area contributed by atoms with Gasteiger partial charge in [0.15, 0.2) is 0 Å². The molecule has 1 atom stereocenters. The number of hydrogen-bond donors (Lipinski definition) is 1. The van der Waals surface area contributed by atoms with Crippen molar-refractivity contribution in [1.29, 1.82) is 0 Å². The molecule has 2 rings (SSSR count). The second-order valence-corrected chi connectivity index (χ2v) is 6.18. The number of benzene rings is 1. The highest BCUT2D eigenvalue weighted by Gasteiger charge is 2.46. The maximum Gasteiger partial charge on any atom is 0.240 e. The lowest BCUT2D eigenvalue weighted by Crippen LogP contribution is -2.56. The molecule has 0 spiro atoms. The zero-order valence-corrected chi connectivity index (χ0v) is 14.0. The van der Waals surface area contributed by atoms with Gasteiger partial charge in [0.25, 0.3) is 0 Å². The minimum Gasteiger partial charge on any atom is -0.496 e. The first-order valence-electron chi connectivity index (χ1n) is 6.90. The predicted molar refractivity (Wildman–Crippen MR) is 84.1 cm³/mol. The minimum absolute atomic E-state index is 0.311. The number of hydrogen-bond acceptors (Lipinski definition) is 4. The molecule has 1 saturated heterocycles. The quantitative estimate of drug-likeness (QED) is 0.845. The van der Waals surface area contributed by atoms with Crippen molar-refractivity contribution < 1.29 is 14.3 Å². The second-order valence-electron chi connectivity index (χ2n) is 5.32. The second kappa shape index (κ2) is 6.77. The molecule has 0 radical (unpaired) electrons. The van der Waals surface area contributed by atoms with Gasteiger partial charge in [-0.25, -0.2) is 0 Å². The van der Waals surface area contributed by atoms with Crippen LogP contribution in [0.4, 0.5) is 0 Å². The van der Waals surface area contributed by atoms with Crippen LogP contribution in [0.2, 0.25) is 0 Å². The molecule has 1 aliphatic rings. The van der Waals surface area contributed by atoms with Crippen LogP contribution in [0.1, 0.15) is 18.4 Å². The summed E-state index contributed by atoms with van der Waals surface area (Å²) in [5.41, 5.74) is 6.06. The van der Waals surface area contributed by atoms with E-state index in [1.54, 1.807) is 14.2 Å². The van der Waals surface area contributed by atoms with E-state index >= 15 is 0 Å². The largest absolute Gasteiger partial charge is 0.496 e. The fraction of sp³-hybridized carbons (Fsp3) is 0.533. The Balaban J connectivity index is 2.21. The number of carbonyl (C=O) groups excluding carboxylic acids is 1. The van der Waals surface area contributed by atoms with Crippen LogP contribution in [0.3, 0.4) is 0 Å². The maximum absolute atomic E-state index is 12.0. The summed E-state index contributed by atoms with van der Waals surface area (Å²) in [6, 6.07) is 5.92. The predicted octanol–water partition coefficient (Wildman–Crippen LogP) is 1.92. The molecule has 1 aromatic rings. The van der Waals surface area contributed by atoms with Crippen LogP contribution >= 0.6 is 15.9 Å². The van der Waals surface area contributed by atoms with E-state index in [9.17, 15) is 4.79 Å². The summed E-state index contributed by atoms with van der Waals surface area (Å²) in [5, 5.41) is 0. The highest BCUT2D eigenvalue weighted by Crippen LogP contribution is 2.33. The Kier molecular flexibility index (Phi) is 5.24. The number of carbonyl (C=O) groups is 1. The average Bonchev–Trinajstić information content (AvgIpc) is 2.84. The summed E-state index contributed by atoms with van der Waals surface area (Å²) in [4.78, 5) is 14.1. The molecule has 0 aromatic heterocycles. The van der Waals surface area contributed by atoms with Gasteiger partial charge in [0, 0.05) is 13.7 Å². The van der Waals surface area contributed by atoms with E-state index in [1.807, 2.05) is 18.2 Å². The lowest BCUT2D eigenvalue weighted by molar-refractivity contribution is -0.132. The SMILES string of the molecule is COCC1(C(N)=O)CCCN1Cc1ccc(OC)c(Br)c1. The van der Waals surface area contributed by atoms with Gasteiger partial charge in [-0.3, -0.25) is 9.69 Å². The van der Waals surface area contributed by atoms with Gasteiger partial charge in [-0.1, -0.05) is 6.07 Å². The van der Waals surface area contributed by atoms with Gasteiger partial charge in [-0.15, -0.1) is 0 Å². The van der Waals surface area contributed by atoms with Crippen molar-refractivity contribution in [2.45, 2.75) is 24.9 Å². The molecule has 2 N–H and O–H groups in total. The van der Waals surface area contributed by atoms with Gasteiger partial charge in [-0.05, 0) is 53.0 Å². The summed E-state index contributed by atoms with van der Waals surface area (Å²) in [6.07, 6.45) is 1.69. The molecule has 0 aliphatic carbocycles. The normalized spacial score (nSPS) is 22.4. The van der Waals surface area contributed by atoms with Crippen molar-refractivity contribution in [3.63, 3.8) is 0 Å². The number of rotatable bonds is 6. The van der Waals surface area contributed by atoms with Crippen molar-refractivity contribution in [1.82, 2.24) is 4.90 Å². The molecule has 116 valence electrons. The Labute approximate surface area is 133 Å². The summed E-state index contributed by atoms with van der Waals surface area (Å²) in [7, 11) is 3.24. The summed E-state index contributed by atoms with van der Waals surface area (Å²) < 4.78 is 11.4. The van der Waals surface area contributed by atoms with Gasteiger partial charge in [0.05, 0.1) is 18.2 Å². The molecule has 1 fully saturated rings. The number of methoxy groups -OCH3 is 2. The molecule has 0 bridgehead atoms. The van der Waals surface area contributed by atoms with Crippen LogP contribution in [0.5, 0.6) is 5.75 Å². The van der Waals surface area contributed by atoms with Crippen LogP contribution in [-0.2, 0) is 16.1 Å². The Morgan fingerprint density at radius 1 is 1.48 bits per heavy atom. The number of nitrogens with two attached hydrogens (primary N) is 1. The Bertz CT molecular complexity index is 524. The number of halogens is 1. The fourth-order valence-corrected chi connectivity index (χ4v) is 3.53. The molecule has 1 heterocycles. The zero-order valence-electron chi connectivity index (χ0n) is 12.4. The number of nitrogens with zero attached hydrogens (tertiary/aromatic N) is 1. The molecule has 1 aliphatic heterocycles. The highest BCUT2D eigenvalue weighted by molar-refractivity contribution is 9.10. The molecule has 5 nitrogen and oxygen atoms in total. The zero-order chi connectivity index (χ0) is 15.5. The summed E-state index contributed by atoms with van der Waals surface area (Å²) >= 11 is 3.49. The first kappa shape index (κ1) is 16.3. The average molecular weight is 357 g/mol. The van der Waals surface area contributed by atoms with Crippen LogP contribution in [0, 0.1) is 0 Å². The molecule has 1 aromatic carbocycles. The number of amides is 1. The summed E-state index contributed by atoms with van der Waals surface area (Å²) in [5.74, 6) is 0.479. The van der Waals surface area contributed by atoms with E-state index in [4.69, 9.17) is 15.2 Å². The lowest BCUT2D eigenvalue weighted by atomic mass is 9.96. The number of likely N-dealkylation sites (tertiary alicyclic amines) is 1. The highest BCUT2D eigenvalue weighted by atomic mass is 79.9. The van der Waals surface area contributed by atoms with Crippen LogP contribution in [0.25, 0.3) is 0 Å². The molecule has 21 heavy (non-hydrogen) atoms. The number of ether oxygens (including phenoxy) is 2. The van der Waals surface area contributed by atoms with Crippen LogP contribution in [-0.4, -0.2) is 43.7 Å². The third-order valence-electron chi connectivity index (χ3n) is 4.06. The Morgan fingerprint density at radius 2 is 2.24 bits per heavy atom. The minimum atomic E-state index is -0.693. The maximum atomic E-state index is 12.0. The first-order chi connectivity index (χ1) is 10.0. The topological polar surface area (TPSA) is 64.8 Å². The van der Waals surface area contributed by atoms with Gasteiger partial charge >= 0.3 is 0 Å². The molecule has 0 saturated carbocycles. The monoisotopic (exact) mass is 356 g/mol. The summed E-state index contributed by atoms with van der Waals surface area (Å²) in [6.45, 7) is 1.84. The first-order valence-corrected chi connectivity index (χ1v) is 7.69. The van der Waals surface area contributed by atoms with E-state index in [2.05, 4.69) is 20.8 Å². The van der Waals surface area contributed by atoms with E-state index in [-0.39, 0.29) is 5.91 Å². The van der Waals surface area contributed by atoms with E-state index in [0.717, 1.165) is 35.2 Å². The van der Waals surface area contributed by atoms with Gasteiger partial charge in [-0.2, -0.15) is 0 Å². The Morgan fingerprint density at radius 3 is 2.81 bits per heavy atom. The molecule has 6 heteroatoms. The lowest BCUT2D eigenvalue weighted by Gasteiger charge is -2.35. The molecule has 1 unspecified atom stereocenters. The number of primary amides is 1. The third kappa shape index (κ3) is 3.22. The van der Waals surface area contributed by atoms with Gasteiger partial charge < -0.3 is 15.2 Å². The van der Waals surface area contributed by atoms with Crippen molar-refractivity contribution in [2.24, 2.45) is 5.73 Å². The van der Waals surface area contributed by atoms with Crippen molar-refractivity contribution in [3.05, 3.63) is 28.2 Å².